The van der Waals surface area contributed by atoms with Crippen molar-refractivity contribution >= 4 is 0 Å². The summed E-state index contributed by atoms with van der Waals surface area (Å²) >= 11 is 0. The van der Waals surface area contributed by atoms with Crippen molar-refractivity contribution in [2.75, 3.05) is 0 Å². The molecule has 1 heterocycles. The van der Waals surface area contributed by atoms with E-state index in [9.17, 15) is 15.2 Å². The maximum Gasteiger partial charge on any atom is 0.254 e. The lowest BCUT2D eigenvalue weighted by Crippen LogP contribution is -2.21. The van der Waals surface area contributed by atoms with Gasteiger partial charge in [-0.25, -0.2) is 4.98 Å². The molecule has 0 fully saturated rings. The Morgan fingerprint density at radius 2 is 1.89 bits per heavy atom. The predicted molar refractivity (Wildman–Crippen MR) is 109 cm³/mol. The molecule has 5 nitrogen and oxygen atoms in total. The monoisotopic (exact) mass is 373 g/mol. The fraction of sp³-hybridized carbons (Fsp3) is 0.261. The van der Waals surface area contributed by atoms with E-state index in [0.29, 0.717) is 23.4 Å². The number of nitrogens with one attached hydrogen (secondary N) is 1. The van der Waals surface area contributed by atoms with Crippen LogP contribution in [0.1, 0.15) is 48.0 Å². The molecule has 0 spiro atoms. The molecular weight excluding hydrogens is 350 g/mol. The largest absolute Gasteiger partial charge is 0.388 e. The maximum absolute atomic E-state index is 12.5. The Morgan fingerprint density at radius 1 is 1.14 bits per heavy atom. The second-order valence-corrected chi connectivity index (χ2v) is 6.73. The highest BCUT2D eigenvalue weighted by Crippen LogP contribution is 2.24. The number of benzene rings is 2. The normalized spacial score (nSPS) is 10.6. The van der Waals surface area contributed by atoms with E-state index >= 15 is 0 Å². The first-order chi connectivity index (χ1) is 13.7. The van der Waals surface area contributed by atoms with Crippen LogP contribution in [0.3, 0.4) is 0 Å². The molecule has 0 aliphatic rings. The second-order valence-electron chi connectivity index (χ2n) is 6.73. The van der Waals surface area contributed by atoms with Gasteiger partial charge in [-0.15, -0.1) is 0 Å². The van der Waals surface area contributed by atoms with Crippen molar-refractivity contribution in [2.45, 2.75) is 39.2 Å². The standard InChI is InChI=1S/C23H23N3O2/c1-2-3-8-21-20(23(28)26-22(15-27)25-21)13-16-9-11-17(12-10-16)19-7-5-4-6-18(19)14-24/h4-7,9-12,27H,2-3,8,13,15H2,1H3,(H,25,26,28). The van der Waals surface area contributed by atoms with Crippen molar-refractivity contribution in [1.29, 1.82) is 5.26 Å². The number of hydrogen-bond donors (Lipinski definition) is 2. The Hall–Kier alpha value is -3.23. The van der Waals surface area contributed by atoms with E-state index < -0.39 is 0 Å². The van der Waals surface area contributed by atoms with Gasteiger partial charge in [0.25, 0.3) is 5.56 Å². The summed E-state index contributed by atoms with van der Waals surface area (Å²) in [6.07, 6.45) is 3.15. The number of aromatic amines is 1. The Morgan fingerprint density at radius 3 is 2.57 bits per heavy atom. The van der Waals surface area contributed by atoms with Gasteiger partial charge in [-0.3, -0.25) is 4.79 Å². The highest BCUT2D eigenvalue weighted by molar-refractivity contribution is 5.70. The smallest absolute Gasteiger partial charge is 0.254 e. The Balaban J connectivity index is 1.90. The van der Waals surface area contributed by atoms with Crippen LogP contribution in [-0.4, -0.2) is 15.1 Å². The number of aromatic nitrogens is 2. The highest BCUT2D eigenvalue weighted by atomic mass is 16.3. The zero-order chi connectivity index (χ0) is 19.9. The molecule has 0 aliphatic heterocycles. The molecule has 2 aromatic carbocycles. The fourth-order valence-corrected chi connectivity index (χ4v) is 3.24. The lowest BCUT2D eigenvalue weighted by molar-refractivity contribution is 0.270. The number of unbranched alkanes of at least 4 members (excludes halogenated alkanes) is 1. The average molecular weight is 373 g/mol. The number of nitriles is 1. The first kappa shape index (κ1) is 19.5. The SMILES string of the molecule is CCCCc1nc(CO)[nH]c(=O)c1Cc1ccc(-c2ccccc2C#N)cc1. The van der Waals surface area contributed by atoms with E-state index in [-0.39, 0.29) is 12.2 Å². The van der Waals surface area contributed by atoms with Crippen molar-refractivity contribution in [2.24, 2.45) is 0 Å². The Kier molecular flexibility index (Phi) is 6.36. The number of H-pyrrole nitrogens is 1. The van der Waals surface area contributed by atoms with Crippen molar-refractivity contribution in [3.05, 3.63) is 87.1 Å². The van der Waals surface area contributed by atoms with Crippen LogP contribution < -0.4 is 5.56 Å². The van der Waals surface area contributed by atoms with E-state index in [2.05, 4.69) is 23.0 Å². The number of aliphatic hydroxyl groups excluding tert-OH is 1. The third-order valence-corrected chi connectivity index (χ3v) is 4.76. The van der Waals surface area contributed by atoms with Crippen molar-refractivity contribution in [1.82, 2.24) is 9.97 Å². The fourth-order valence-electron chi connectivity index (χ4n) is 3.24. The molecule has 0 unspecified atom stereocenters. The van der Waals surface area contributed by atoms with Crippen LogP contribution in [0.5, 0.6) is 0 Å². The summed E-state index contributed by atoms with van der Waals surface area (Å²) in [7, 11) is 0. The number of hydrogen-bond acceptors (Lipinski definition) is 4. The minimum atomic E-state index is -0.276. The number of nitrogens with zero attached hydrogens (tertiary/aromatic N) is 2. The van der Waals surface area contributed by atoms with Gasteiger partial charge < -0.3 is 10.1 Å². The number of rotatable bonds is 7. The van der Waals surface area contributed by atoms with Gasteiger partial charge in [0, 0.05) is 12.0 Å². The zero-order valence-electron chi connectivity index (χ0n) is 15.9. The Bertz CT molecular complexity index is 1050. The van der Waals surface area contributed by atoms with Gasteiger partial charge in [0.2, 0.25) is 0 Å². The van der Waals surface area contributed by atoms with Crippen molar-refractivity contribution in [3.8, 4) is 17.2 Å². The third kappa shape index (κ3) is 4.36. The van der Waals surface area contributed by atoms with Crippen LogP contribution >= 0.6 is 0 Å². The van der Waals surface area contributed by atoms with Crippen LogP contribution in [0.25, 0.3) is 11.1 Å². The van der Waals surface area contributed by atoms with Gasteiger partial charge in [0.15, 0.2) is 0 Å². The van der Waals surface area contributed by atoms with E-state index in [4.69, 9.17) is 0 Å². The summed E-state index contributed by atoms with van der Waals surface area (Å²) in [6, 6.07) is 17.6. The van der Waals surface area contributed by atoms with Gasteiger partial charge in [0.1, 0.15) is 12.4 Å². The molecule has 1 aromatic heterocycles. The summed E-state index contributed by atoms with van der Waals surface area (Å²) in [5, 5.41) is 18.6. The molecule has 142 valence electrons. The predicted octanol–water partition coefficient (Wildman–Crippen LogP) is 3.73. The van der Waals surface area contributed by atoms with Crippen LogP contribution in [0, 0.1) is 11.3 Å². The molecule has 2 N–H and O–H groups in total. The molecule has 3 rings (SSSR count). The average Bonchev–Trinajstić information content (AvgIpc) is 2.74. The molecule has 0 saturated heterocycles. The summed E-state index contributed by atoms with van der Waals surface area (Å²) in [6.45, 7) is 1.82. The van der Waals surface area contributed by atoms with E-state index in [1.165, 1.54) is 0 Å². The van der Waals surface area contributed by atoms with Gasteiger partial charge in [-0.2, -0.15) is 5.26 Å². The van der Waals surface area contributed by atoms with Gasteiger partial charge in [-0.1, -0.05) is 55.8 Å². The summed E-state index contributed by atoms with van der Waals surface area (Å²) < 4.78 is 0. The molecule has 0 amide bonds. The first-order valence-electron chi connectivity index (χ1n) is 9.46. The van der Waals surface area contributed by atoms with Crippen LogP contribution in [0.4, 0.5) is 0 Å². The summed E-state index contributed by atoms with van der Waals surface area (Å²) in [4.78, 5) is 19.6. The maximum atomic E-state index is 12.5. The third-order valence-electron chi connectivity index (χ3n) is 4.76. The molecule has 0 atom stereocenters. The van der Waals surface area contributed by atoms with Gasteiger partial charge >= 0.3 is 0 Å². The molecular formula is C23H23N3O2. The summed E-state index contributed by atoms with van der Waals surface area (Å²) in [5.74, 6) is 0.309. The lowest BCUT2D eigenvalue weighted by Gasteiger charge is -2.10. The number of aryl methyl sites for hydroxylation is 1. The molecule has 0 radical (unpaired) electrons. The zero-order valence-corrected chi connectivity index (χ0v) is 15.9. The van der Waals surface area contributed by atoms with Crippen molar-refractivity contribution in [3.63, 3.8) is 0 Å². The molecule has 0 aliphatic carbocycles. The molecule has 0 bridgehead atoms. The molecule has 3 aromatic rings. The van der Waals surface area contributed by atoms with E-state index in [1.54, 1.807) is 6.07 Å². The van der Waals surface area contributed by atoms with Crippen LogP contribution in [0.15, 0.2) is 53.3 Å². The minimum Gasteiger partial charge on any atom is -0.388 e. The number of aliphatic hydroxyl groups is 1. The van der Waals surface area contributed by atoms with Gasteiger partial charge in [-0.05, 0) is 35.6 Å². The quantitative estimate of drug-likeness (QED) is 0.660. The molecule has 0 saturated carbocycles. The van der Waals surface area contributed by atoms with Gasteiger partial charge in [0.05, 0.1) is 17.3 Å². The Labute approximate surface area is 164 Å². The minimum absolute atomic E-state index is 0.191. The molecule has 5 heteroatoms. The van der Waals surface area contributed by atoms with Crippen LogP contribution in [-0.2, 0) is 19.4 Å². The highest BCUT2D eigenvalue weighted by Gasteiger charge is 2.12. The van der Waals surface area contributed by atoms with E-state index in [0.717, 1.165) is 41.6 Å². The van der Waals surface area contributed by atoms with Crippen LogP contribution in [0.2, 0.25) is 0 Å². The topological polar surface area (TPSA) is 89.8 Å². The van der Waals surface area contributed by atoms with Crippen molar-refractivity contribution < 1.29 is 5.11 Å². The molecule has 28 heavy (non-hydrogen) atoms. The summed E-state index contributed by atoms with van der Waals surface area (Å²) in [5.41, 5.74) is 4.72. The lowest BCUT2D eigenvalue weighted by atomic mass is 9.97. The first-order valence-corrected chi connectivity index (χ1v) is 9.46. The van der Waals surface area contributed by atoms with E-state index in [1.807, 2.05) is 42.5 Å². The second kappa shape index (κ2) is 9.12.